The van der Waals surface area contributed by atoms with E-state index in [1.54, 1.807) is 0 Å². The Morgan fingerprint density at radius 3 is 1.43 bits per heavy atom. The number of hydrogen-bond acceptors (Lipinski definition) is 4. The summed E-state index contributed by atoms with van der Waals surface area (Å²) in [5.74, 6) is 0. The molecule has 0 aromatic carbocycles. The van der Waals surface area contributed by atoms with Crippen molar-refractivity contribution < 1.29 is 0 Å². The number of rotatable bonds is 0. The van der Waals surface area contributed by atoms with Gasteiger partial charge in [0.25, 0.3) is 11.1 Å². The summed E-state index contributed by atoms with van der Waals surface area (Å²) < 4.78 is 0. The lowest BCUT2D eigenvalue weighted by atomic mass is 10.7. The predicted octanol–water partition coefficient (Wildman–Crippen LogP) is -0.460. The van der Waals surface area contributed by atoms with Crippen LogP contribution in [0.3, 0.4) is 0 Å². The first-order chi connectivity index (χ1) is 6.79. The normalized spacial score (nSPS) is 8.57. The highest BCUT2D eigenvalue weighted by molar-refractivity contribution is 4.77. The van der Waals surface area contributed by atoms with Gasteiger partial charge in [-0.05, 0) is 0 Å². The molecule has 0 aliphatic heterocycles. The molecule has 6 nitrogen and oxygen atoms in total. The van der Waals surface area contributed by atoms with E-state index in [4.69, 9.17) is 0 Å². The summed E-state index contributed by atoms with van der Waals surface area (Å²) >= 11 is 0. The van der Waals surface area contributed by atoms with Crippen molar-refractivity contribution in [3.05, 3.63) is 57.9 Å². The highest BCUT2D eigenvalue weighted by Gasteiger charge is 1.71. The second-order valence-corrected chi connectivity index (χ2v) is 2.20. The second-order valence-electron chi connectivity index (χ2n) is 2.20. The van der Waals surface area contributed by atoms with Crippen LogP contribution in [0, 0.1) is 0 Å². The summed E-state index contributed by atoms with van der Waals surface area (Å²) in [5.41, 5.74) is -0.231. The van der Waals surface area contributed by atoms with E-state index in [1.165, 1.54) is 37.2 Å². The van der Waals surface area contributed by atoms with Gasteiger partial charge in [-0.3, -0.25) is 9.59 Å². The predicted molar refractivity (Wildman–Crippen MR) is 49.7 cm³/mol. The van der Waals surface area contributed by atoms with Crippen molar-refractivity contribution >= 4 is 0 Å². The minimum Gasteiger partial charge on any atom is -0.313 e. The first kappa shape index (κ1) is 9.85. The van der Waals surface area contributed by atoms with Gasteiger partial charge in [0.05, 0.1) is 12.7 Å². The third-order valence-electron chi connectivity index (χ3n) is 1.19. The van der Waals surface area contributed by atoms with Crippen LogP contribution in [0.15, 0.2) is 46.8 Å². The van der Waals surface area contributed by atoms with Crippen LogP contribution in [-0.2, 0) is 0 Å². The molecule has 6 heteroatoms. The van der Waals surface area contributed by atoms with Gasteiger partial charge in [-0.25, -0.2) is 9.97 Å². The van der Waals surface area contributed by atoms with Gasteiger partial charge in [-0.1, -0.05) is 0 Å². The standard InChI is InChI=1S/2C4H4N2O/c2*7-4-1-2-5-3-6-4/h2*1-3H,(H,5,6,7). The Bertz CT molecular complexity index is 396. The number of aromatic nitrogens is 4. The number of hydrogen-bond donors (Lipinski definition) is 2. The quantitative estimate of drug-likeness (QED) is 0.590. The van der Waals surface area contributed by atoms with Crippen LogP contribution in [-0.4, -0.2) is 19.9 Å². The van der Waals surface area contributed by atoms with Crippen LogP contribution in [0.2, 0.25) is 0 Å². The molecule has 0 atom stereocenters. The summed E-state index contributed by atoms with van der Waals surface area (Å²) in [5, 5.41) is 0. The summed E-state index contributed by atoms with van der Waals surface area (Å²) in [6.45, 7) is 0. The molecule has 0 aliphatic rings. The topological polar surface area (TPSA) is 91.5 Å². The Balaban J connectivity index is 0.000000140. The zero-order chi connectivity index (χ0) is 10.2. The molecule has 2 heterocycles. The van der Waals surface area contributed by atoms with E-state index >= 15 is 0 Å². The highest BCUT2D eigenvalue weighted by Crippen LogP contribution is 1.58. The molecule has 72 valence electrons. The molecule has 0 saturated carbocycles. The Hall–Kier alpha value is -2.24. The summed E-state index contributed by atoms with van der Waals surface area (Å²) in [6.07, 6.45) is 5.59. The number of H-pyrrole nitrogens is 2. The molecule has 2 aromatic rings. The van der Waals surface area contributed by atoms with E-state index < -0.39 is 0 Å². The van der Waals surface area contributed by atoms with E-state index in [0.717, 1.165) is 0 Å². The molecule has 0 spiro atoms. The van der Waals surface area contributed by atoms with Crippen molar-refractivity contribution in [3.63, 3.8) is 0 Å². The molecule has 2 rings (SSSR count). The lowest BCUT2D eigenvalue weighted by molar-refractivity contribution is 1.12. The summed E-state index contributed by atoms with van der Waals surface area (Å²) in [6, 6.07) is 2.72. The van der Waals surface area contributed by atoms with Crippen LogP contribution in [0.1, 0.15) is 0 Å². The molecule has 0 aliphatic carbocycles. The van der Waals surface area contributed by atoms with E-state index in [-0.39, 0.29) is 11.1 Å². The summed E-state index contributed by atoms with van der Waals surface area (Å²) in [7, 11) is 0. The van der Waals surface area contributed by atoms with Crippen LogP contribution in [0.4, 0.5) is 0 Å². The van der Waals surface area contributed by atoms with Crippen molar-refractivity contribution in [3.8, 4) is 0 Å². The molecule has 2 N–H and O–H groups in total. The lowest BCUT2D eigenvalue weighted by Crippen LogP contribution is -2.00. The fraction of sp³-hybridized carbons (Fsp3) is 0. The zero-order valence-corrected chi connectivity index (χ0v) is 7.18. The molecule has 0 fully saturated rings. The summed E-state index contributed by atoms with van der Waals surface area (Å²) in [4.78, 5) is 32.3. The second kappa shape index (κ2) is 5.41. The monoisotopic (exact) mass is 192 g/mol. The zero-order valence-electron chi connectivity index (χ0n) is 7.18. The first-order valence-electron chi connectivity index (χ1n) is 3.76. The Kier molecular flexibility index (Phi) is 3.81. The van der Waals surface area contributed by atoms with Gasteiger partial charge in [0.15, 0.2) is 0 Å². The maximum absolute atomic E-state index is 10.2. The van der Waals surface area contributed by atoms with Gasteiger partial charge in [0.1, 0.15) is 0 Å². The minimum absolute atomic E-state index is 0.116. The molecule has 2 aromatic heterocycles. The van der Waals surface area contributed by atoms with E-state index in [1.807, 2.05) is 0 Å². The van der Waals surface area contributed by atoms with Crippen LogP contribution in [0.5, 0.6) is 0 Å². The Morgan fingerprint density at radius 1 is 0.857 bits per heavy atom. The van der Waals surface area contributed by atoms with Gasteiger partial charge in [0, 0.05) is 24.5 Å². The van der Waals surface area contributed by atoms with Crippen LogP contribution in [0.25, 0.3) is 0 Å². The largest absolute Gasteiger partial charge is 0.313 e. The maximum Gasteiger partial charge on any atom is 0.250 e. The lowest BCUT2D eigenvalue weighted by Gasteiger charge is -1.73. The van der Waals surface area contributed by atoms with Crippen molar-refractivity contribution in [2.75, 3.05) is 0 Å². The number of nitrogens with zero attached hydrogens (tertiary/aromatic N) is 2. The number of nitrogens with one attached hydrogen (secondary N) is 2. The van der Waals surface area contributed by atoms with E-state index in [9.17, 15) is 9.59 Å². The molecule has 0 saturated heterocycles. The number of aromatic amines is 2. The van der Waals surface area contributed by atoms with Crippen molar-refractivity contribution in [2.45, 2.75) is 0 Å². The smallest absolute Gasteiger partial charge is 0.250 e. The van der Waals surface area contributed by atoms with Crippen molar-refractivity contribution in [1.82, 2.24) is 19.9 Å². The van der Waals surface area contributed by atoms with Gasteiger partial charge in [-0.2, -0.15) is 0 Å². The van der Waals surface area contributed by atoms with E-state index in [2.05, 4.69) is 19.9 Å². The Morgan fingerprint density at radius 2 is 1.29 bits per heavy atom. The van der Waals surface area contributed by atoms with Crippen LogP contribution < -0.4 is 11.1 Å². The van der Waals surface area contributed by atoms with E-state index in [0.29, 0.717) is 0 Å². The third-order valence-corrected chi connectivity index (χ3v) is 1.19. The van der Waals surface area contributed by atoms with Crippen LogP contribution >= 0.6 is 0 Å². The van der Waals surface area contributed by atoms with Gasteiger partial charge in [0.2, 0.25) is 0 Å². The molecular formula is C8H8N4O2. The van der Waals surface area contributed by atoms with Gasteiger partial charge >= 0.3 is 0 Å². The Labute approximate surface area is 78.7 Å². The molecule has 0 radical (unpaired) electrons. The van der Waals surface area contributed by atoms with Crippen molar-refractivity contribution in [1.29, 1.82) is 0 Å². The fourth-order valence-corrected chi connectivity index (χ4v) is 0.606. The molecule has 0 bridgehead atoms. The SMILES string of the molecule is O=c1ccnc[nH]1.O=c1ccnc[nH]1. The average Bonchev–Trinajstić information content (AvgIpc) is 2.21. The fourth-order valence-electron chi connectivity index (χ4n) is 0.606. The minimum atomic E-state index is -0.116. The average molecular weight is 192 g/mol. The molecule has 0 unspecified atom stereocenters. The van der Waals surface area contributed by atoms with Gasteiger partial charge in [-0.15, -0.1) is 0 Å². The maximum atomic E-state index is 10.2. The third kappa shape index (κ3) is 3.96. The molecule has 0 amide bonds. The van der Waals surface area contributed by atoms with Crippen molar-refractivity contribution in [2.24, 2.45) is 0 Å². The van der Waals surface area contributed by atoms with Gasteiger partial charge < -0.3 is 9.97 Å². The molecule has 14 heavy (non-hydrogen) atoms. The molecular weight excluding hydrogens is 184 g/mol. The first-order valence-corrected chi connectivity index (χ1v) is 3.76. The highest BCUT2D eigenvalue weighted by atomic mass is 16.1.